The number of hydrazone groups is 1. The number of carbonyl (C=O) groups is 1. The molecule has 0 saturated carbocycles. The summed E-state index contributed by atoms with van der Waals surface area (Å²) < 4.78 is 0. The van der Waals surface area contributed by atoms with E-state index in [0.717, 1.165) is 5.71 Å². The third-order valence-corrected chi connectivity index (χ3v) is 1.60. The normalized spacial score (nSPS) is 12.0. The molecule has 3 heteroatoms. The van der Waals surface area contributed by atoms with Crippen molar-refractivity contribution in [1.29, 1.82) is 0 Å². The summed E-state index contributed by atoms with van der Waals surface area (Å²) in [7, 11) is 1.66. The lowest BCUT2D eigenvalue weighted by atomic mass is 10.1. The van der Waals surface area contributed by atoms with Gasteiger partial charge in [0.2, 0.25) is 5.91 Å². The Labute approximate surface area is 68.1 Å². The molecule has 0 saturated heterocycles. The van der Waals surface area contributed by atoms with Crippen molar-refractivity contribution < 1.29 is 4.79 Å². The van der Waals surface area contributed by atoms with E-state index < -0.39 is 0 Å². The third kappa shape index (κ3) is 3.75. The topological polar surface area (TPSA) is 32.7 Å². The molecule has 0 aliphatic rings. The minimum absolute atomic E-state index is 0.0370. The second-order valence-electron chi connectivity index (χ2n) is 2.94. The maximum atomic E-state index is 10.7. The lowest BCUT2D eigenvalue weighted by molar-refractivity contribution is -0.127. The highest BCUT2D eigenvalue weighted by Crippen LogP contribution is 1.97. The molecule has 0 aliphatic heterocycles. The van der Waals surface area contributed by atoms with Crippen molar-refractivity contribution in [3.8, 4) is 0 Å². The molecule has 0 radical (unpaired) electrons. The molecule has 0 unspecified atom stereocenters. The number of nitrogens with zero attached hydrogens (tertiary/aromatic N) is 2. The fraction of sp³-hybridized carbons (Fsp3) is 0.750. The van der Waals surface area contributed by atoms with E-state index in [4.69, 9.17) is 0 Å². The quantitative estimate of drug-likeness (QED) is 0.440. The van der Waals surface area contributed by atoms with E-state index in [1.165, 1.54) is 11.9 Å². The maximum Gasteiger partial charge on any atom is 0.239 e. The van der Waals surface area contributed by atoms with Gasteiger partial charge in [-0.1, -0.05) is 13.8 Å². The van der Waals surface area contributed by atoms with Crippen LogP contribution in [0.1, 0.15) is 27.7 Å². The highest BCUT2D eigenvalue weighted by molar-refractivity contribution is 5.85. The molecule has 64 valence electrons. The zero-order chi connectivity index (χ0) is 9.02. The summed E-state index contributed by atoms with van der Waals surface area (Å²) >= 11 is 0. The van der Waals surface area contributed by atoms with Gasteiger partial charge in [-0.2, -0.15) is 5.10 Å². The van der Waals surface area contributed by atoms with Gasteiger partial charge in [-0.25, -0.2) is 5.01 Å². The van der Waals surface area contributed by atoms with Crippen LogP contribution in [0.2, 0.25) is 0 Å². The van der Waals surface area contributed by atoms with Crippen LogP contribution in [0.5, 0.6) is 0 Å². The Bertz CT molecular complexity index is 173. The Kier molecular flexibility index (Phi) is 3.79. The van der Waals surface area contributed by atoms with Gasteiger partial charge in [0.15, 0.2) is 0 Å². The van der Waals surface area contributed by atoms with E-state index in [0.29, 0.717) is 5.92 Å². The van der Waals surface area contributed by atoms with Crippen LogP contribution < -0.4 is 0 Å². The van der Waals surface area contributed by atoms with Gasteiger partial charge in [-0.15, -0.1) is 0 Å². The summed E-state index contributed by atoms with van der Waals surface area (Å²) in [6.45, 7) is 7.51. The number of carbonyl (C=O) groups excluding carboxylic acids is 1. The van der Waals surface area contributed by atoms with Crippen molar-refractivity contribution in [3.63, 3.8) is 0 Å². The van der Waals surface area contributed by atoms with E-state index >= 15 is 0 Å². The fourth-order valence-corrected chi connectivity index (χ4v) is 0.422. The monoisotopic (exact) mass is 156 g/mol. The average Bonchev–Trinajstić information content (AvgIpc) is 1.87. The molecule has 0 aromatic carbocycles. The first-order valence-electron chi connectivity index (χ1n) is 3.74. The summed E-state index contributed by atoms with van der Waals surface area (Å²) in [5.74, 6) is 0.363. The molecule has 0 heterocycles. The molecule has 11 heavy (non-hydrogen) atoms. The zero-order valence-corrected chi connectivity index (χ0v) is 7.88. The van der Waals surface area contributed by atoms with Crippen molar-refractivity contribution in [3.05, 3.63) is 0 Å². The molecular formula is C8H16N2O. The summed E-state index contributed by atoms with van der Waals surface area (Å²) in [6.07, 6.45) is 0. The molecule has 3 nitrogen and oxygen atoms in total. The molecule has 0 atom stereocenters. The lowest BCUT2D eigenvalue weighted by Crippen LogP contribution is -2.20. The minimum atomic E-state index is -0.0370. The van der Waals surface area contributed by atoms with Crippen LogP contribution in [0.4, 0.5) is 0 Å². The standard InChI is InChI=1S/C8H16N2O/c1-6(2)7(3)9-10(5)8(4)11/h6H,1-5H3/b9-7+. The fourth-order valence-electron chi connectivity index (χ4n) is 0.422. The van der Waals surface area contributed by atoms with Crippen molar-refractivity contribution in [1.82, 2.24) is 5.01 Å². The van der Waals surface area contributed by atoms with Gasteiger partial charge in [0.1, 0.15) is 0 Å². The van der Waals surface area contributed by atoms with Gasteiger partial charge in [0, 0.05) is 19.7 Å². The summed E-state index contributed by atoms with van der Waals surface area (Å²) in [5.41, 5.74) is 0.975. The molecule has 0 bridgehead atoms. The largest absolute Gasteiger partial charge is 0.273 e. The molecule has 0 aromatic heterocycles. The minimum Gasteiger partial charge on any atom is -0.273 e. The lowest BCUT2D eigenvalue weighted by Gasteiger charge is -2.11. The second kappa shape index (κ2) is 4.11. The van der Waals surface area contributed by atoms with Crippen LogP contribution in [-0.4, -0.2) is 23.7 Å². The first-order chi connectivity index (χ1) is 4.95. The van der Waals surface area contributed by atoms with Gasteiger partial charge >= 0.3 is 0 Å². The van der Waals surface area contributed by atoms with Gasteiger partial charge in [0.05, 0.1) is 0 Å². The van der Waals surface area contributed by atoms with Crippen LogP contribution in [0.15, 0.2) is 5.10 Å². The van der Waals surface area contributed by atoms with Crippen molar-refractivity contribution in [2.75, 3.05) is 7.05 Å². The Morgan fingerprint density at radius 3 is 2.09 bits per heavy atom. The second-order valence-corrected chi connectivity index (χ2v) is 2.94. The van der Waals surface area contributed by atoms with Gasteiger partial charge in [-0.3, -0.25) is 4.79 Å². The van der Waals surface area contributed by atoms with E-state index in [1.807, 2.05) is 20.8 Å². The summed E-state index contributed by atoms with van der Waals surface area (Å²) in [4.78, 5) is 10.7. The third-order valence-electron chi connectivity index (χ3n) is 1.60. The SMILES string of the molecule is CC(=O)N(C)/N=C(\C)C(C)C. The summed E-state index contributed by atoms with van der Waals surface area (Å²) in [5, 5.41) is 5.43. The molecule has 0 fully saturated rings. The zero-order valence-electron chi connectivity index (χ0n) is 7.88. The van der Waals surface area contributed by atoms with Crippen LogP contribution in [0.3, 0.4) is 0 Å². The number of hydrogen-bond donors (Lipinski definition) is 0. The van der Waals surface area contributed by atoms with Crippen molar-refractivity contribution in [2.45, 2.75) is 27.7 Å². The Morgan fingerprint density at radius 2 is 1.82 bits per heavy atom. The highest BCUT2D eigenvalue weighted by Gasteiger charge is 2.02. The average molecular weight is 156 g/mol. The van der Waals surface area contributed by atoms with E-state index in [-0.39, 0.29) is 5.91 Å². The first kappa shape index (κ1) is 10.1. The van der Waals surface area contributed by atoms with Gasteiger partial charge in [-0.05, 0) is 12.8 Å². The molecular weight excluding hydrogens is 140 g/mol. The predicted octanol–water partition coefficient (Wildman–Crippen LogP) is 1.50. The van der Waals surface area contributed by atoms with E-state index in [9.17, 15) is 4.79 Å². The van der Waals surface area contributed by atoms with Gasteiger partial charge < -0.3 is 0 Å². The molecule has 0 rings (SSSR count). The van der Waals surface area contributed by atoms with Crippen LogP contribution in [0.25, 0.3) is 0 Å². The Balaban J connectivity index is 4.19. The smallest absolute Gasteiger partial charge is 0.239 e. The number of rotatable bonds is 2. The van der Waals surface area contributed by atoms with E-state index in [2.05, 4.69) is 5.10 Å². The Morgan fingerprint density at radius 1 is 1.36 bits per heavy atom. The Hall–Kier alpha value is -0.860. The highest BCUT2D eigenvalue weighted by atomic mass is 16.2. The molecule has 0 spiro atoms. The maximum absolute atomic E-state index is 10.7. The predicted molar refractivity (Wildman–Crippen MR) is 46.4 cm³/mol. The van der Waals surface area contributed by atoms with Crippen LogP contribution >= 0.6 is 0 Å². The molecule has 0 aromatic rings. The summed E-state index contributed by atoms with van der Waals surface area (Å²) in [6, 6.07) is 0. The molecule has 0 aliphatic carbocycles. The first-order valence-corrected chi connectivity index (χ1v) is 3.74. The van der Waals surface area contributed by atoms with Crippen LogP contribution in [-0.2, 0) is 4.79 Å². The number of amides is 1. The van der Waals surface area contributed by atoms with E-state index in [1.54, 1.807) is 7.05 Å². The van der Waals surface area contributed by atoms with Crippen molar-refractivity contribution >= 4 is 11.6 Å². The van der Waals surface area contributed by atoms with Gasteiger partial charge in [0.25, 0.3) is 0 Å². The molecule has 0 N–H and O–H groups in total. The van der Waals surface area contributed by atoms with Crippen molar-refractivity contribution in [2.24, 2.45) is 11.0 Å². The van der Waals surface area contributed by atoms with Crippen LogP contribution in [0, 0.1) is 5.92 Å². The number of hydrogen-bond acceptors (Lipinski definition) is 2. The molecule has 1 amide bonds.